The van der Waals surface area contributed by atoms with Crippen molar-refractivity contribution in [1.29, 1.82) is 0 Å². The molecule has 3 heterocycles. The van der Waals surface area contributed by atoms with Crippen LogP contribution >= 0.6 is 11.6 Å². The van der Waals surface area contributed by atoms with Gasteiger partial charge in [-0.15, -0.1) is 0 Å². The summed E-state index contributed by atoms with van der Waals surface area (Å²) in [5.41, 5.74) is -1.32. The molecule has 2 aromatic carbocycles. The van der Waals surface area contributed by atoms with Crippen LogP contribution in [0.4, 0.5) is 5.69 Å². The number of anilines is 1. The molecule has 2 aliphatic rings. The molecule has 0 spiro atoms. The van der Waals surface area contributed by atoms with Crippen molar-refractivity contribution in [3.8, 4) is 11.6 Å². The average molecular weight is 601 g/mol. The number of hydrogen-bond donors (Lipinski definition) is 1. The lowest BCUT2D eigenvalue weighted by Crippen LogP contribution is -2.59. The maximum atomic E-state index is 15.0. The summed E-state index contributed by atoms with van der Waals surface area (Å²) in [6, 6.07) is 12.9. The highest BCUT2D eigenvalue weighted by molar-refractivity contribution is 7.93. The van der Waals surface area contributed by atoms with E-state index in [9.17, 15) is 23.1 Å². The fraction of sp³-hybridized carbons (Fsp3) is 0.321. The molecule has 0 bridgehead atoms. The number of aliphatic hydroxyl groups excluding tert-OH is 1. The first-order valence-corrected chi connectivity index (χ1v) is 14.5. The SMILES string of the molecule is COc1ccc(S(=O)(=O)N2C(=O)C(c3ccccc3OC)(N3C[C@H](O)C[C@H]3C(=O)N(C)C)c3cc(Cl)ccc32)cn1. The molecule has 13 heteroatoms. The van der Waals surface area contributed by atoms with Crippen molar-refractivity contribution in [3.63, 3.8) is 0 Å². The van der Waals surface area contributed by atoms with Gasteiger partial charge in [-0.3, -0.25) is 14.5 Å². The third-order valence-corrected chi connectivity index (χ3v) is 9.37. The van der Waals surface area contributed by atoms with E-state index in [-0.39, 0.29) is 51.7 Å². The van der Waals surface area contributed by atoms with E-state index in [1.165, 1.54) is 49.5 Å². The summed E-state index contributed by atoms with van der Waals surface area (Å²) < 4.78 is 39.8. The fourth-order valence-corrected chi connectivity index (χ4v) is 7.26. The van der Waals surface area contributed by atoms with Gasteiger partial charge >= 0.3 is 0 Å². The van der Waals surface area contributed by atoms with Gasteiger partial charge in [-0.2, -0.15) is 0 Å². The molecule has 0 aliphatic carbocycles. The molecule has 216 valence electrons. The fourth-order valence-electron chi connectivity index (χ4n) is 5.68. The molecule has 1 saturated heterocycles. The predicted octanol–water partition coefficient (Wildman–Crippen LogP) is 2.25. The number of amides is 2. The van der Waals surface area contributed by atoms with E-state index in [1.54, 1.807) is 43.3 Å². The second kappa shape index (κ2) is 10.6. The minimum Gasteiger partial charge on any atom is -0.496 e. The quantitative estimate of drug-likeness (QED) is 0.434. The molecular weight excluding hydrogens is 572 g/mol. The maximum Gasteiger partial charge on any atom is 0.272 e. The number of aliphatic hydroxyl groups is 1. The molecule has 41 heavy (non-hydrogen) atoms. The number of rotatable bonds is 7. The van der Waals surface area contributed by atoms with Crippen LogP contribution in [0.1, 0.15) is 17.5 Å². The van der Waals surface area contributed by atoms with Crippen LogP contribution in [-0.4, -0.2) is 87.1 Å². The zero-order valence-corrected chi connectivity index (χ0v) is 24.4. The van der Waals surface area contributed by atoms with Crippen molar-refractivity contribution < 1.29 is 32.6 Å². The smallest absolute Gasteiger partial charge is 0.272 e. The number of halogens is 1. The van der Waals surface area contributed by atoms with E-state index >= 15 is 0 Å². The van der Waals surface area contributed by atoms with Crippen molar-refractivity contribution in [3.05, 3.63) is 76.9 Å². The Bertz CT molecular complexity index is 1620. The van der Waals surface area contributed by atoms with Gasteiger partial charge in [-0.1, -0.05) is 29.8 Å². The van der Waals surface area contributed by atoms with Crippen molar-refractivity contribution in [2.24, 2.45) is 0 Å². The summed E-state index contributed by atoms with van der Waals surface area (Å²) in [6.45, 7) is -0.0992. The molecule has 1 fully saturated rings. The van der Waals surface area contributed by atoms with Crippen LogP contribution in [0.2, 0.25) is 5.02 Å². The molecule has 0 saturated carbocycles. The third-order valence-electron chi connectivity index (χ3n) is 7.45. The number of hydrogen-bond acceptors (Lipinski definition) is 9. The van der Waals surface area contributed by atoms with E-state index in [0.29, 0.717) is 5.56 Å². The van der Waals surface area contributed by atoms with Gasteiger partial charge in [0, 0.05) is 42.9 Å². The number of para-hydroxylation sites is 1. The molecule has 11 nitrogen and oxygen atoms in total. The average Bonchev–Trinajstić information content (AvgIpc) is 3.47. The monoisotopic (exact) mass is 600 g/mol. The standard InChI is InChI=1S/C28H29ClN4O7S/c1-31(2)26(35)23-14-18(34)16-32(23)28(20-7-5-6-8-24(20)39-3)21-13-17(29)9-11-22(21)33(27(28)36)41(37,38)19-10-12-25(40-4)30-15-19/h5-13,15,18,23,34H,14,16H2,1-4H3/t18-,23+,28?/m1/s1. The normalized spacial score (nSPS) is 22.5. The molecule has 1 unspecified atom stereocenters. The maximum absolute atomic E-state index is 15.0. The molecule has 3 atom stereocenters. The summed E-state index contributed by atoms with van der Waals surface area (Å²) in [5.74, 6) is -0.744. The van der Waals surface area contributed by atoms with Crippen LogP contribution in [0.5, 0.6) is 11.6 Å². The number of likely N-dealkylation sites (N-methyl/N-ethyl adjacent to an activating group) is 1. The van der Waals surface area contributed by atoms with E-state index < -0.39 is 33.6 Å². The Labute approximate surface area is 242 Å². The molecule has 2 amide bonds. The number of aromatic nitrogens is 1. The highest BCUT2D eigenvalue weighted by Gasteiger charge is 2.63. The zero-order valence-electron chi connectivity index (χ0n) is 22.8. The van der Waals surface area contributed by atoms with Crippen molar-refractivity contribution in [1.82, 2.24) is 14.8 Å². The number of benzene rings is 2. The predicted molar refractivity (Wildman–Crippen MR) is 150 cm³/mol. The Morgan fingerprint density at radius 1 is 1.10 bits per heavy atom. The first kappa shape index (κ1) is 28.8. The van der Waals surface area contributed by atoms with Crippen LogP contribution in [0.25, 0.3) is 0 Å². The van der Waals surface area contributed by atoms with E-state index in [2.05, 4.69) is 4.98 Å². The lowest BCUT2D eigenvalue weighted by atomic mass is 9.80. The second-order valence-corrected chi connectivity index (χ2v) is 12.2. The molecule has 2 aliphatic heterocycles. The van der Waals surface area contributed by atoms with Crippen LogP contribution in [0.15, 0.2) is 65.7 Å². The number of fused-ring (bicyclic) bond motifs is 1. The summed E-state index contributed by atoms with van der Waals surface area (Å²) in [5, 5.41) is 11.1. The van der Waals surface area contributed by atoms with E-state index in [1.807, 2.05) is 0 Å². The van der Waals surface area contributed by atoms with Gasteiger partial charge in [0.2, 0.25) is 11.8 Å². The van der Waals surface area contributed by atoms with E-state index in [4.69, 9.17) is 21.1 Å². The number of carbonyl (C=O) groups excluding carboxylic acids is 2. The molecule has 1 N–H and O–H groups in total. The van der Waals surface area contributed by atoms with Crippen LogP contribution < -0.4 is 13.8 Å². The number of pyridine rings is 1. The first-order valence-electron chi connectivity index (χ1n) is 12.7. The van der Waals surface area contributed by atoms with Crippen LogP contribution in [-0.2, 0) is 25.2 Å². The Balaban J connectivity index is 1.84. The molecule has 5 rings (SSSR count). The minimum atomic E-state index is -4.54. The van der Waals surface area contributed by atoms with Gasteiger partial charge in [0.25, 0.3) is 15.9 Å². The number of methoxy groups -OCH3 is 2. The van der Waals surface area contributed by atoms with Crippen molar-refractivity contribution in [2.45, 2.75) is 29.0 Å². The highest BCUT2D eigenvalue weighted by Crippen LogP contribution is 2.54. The highest BCUT2D eigenvalue weighted by atomic mass is 35.5. The van der Waals surface area contributed by atoms with Crippen molar-refractivity contribution in [2.75, 3.05) is 39.2 Å². The number of likely N-dealkylation sites (tertiary alicyclic amines) is 1. The lowest BCUT2D eigenvalue weighted by Gasteiger charge is -2.42. The third kappa shape index (κ3) is 4.42. The molecular formula is C28H29ClN4O7S. The number of nitrogens with zero attached hydrogens (tertiary/aromatic N) is 4. The number of sulfonamides is 1. The largest absolute Gasteiger partial charge is 0.496 e. The van der Waals surface area contributed by atoms with Crippen LogP contribution in [0, 0.1) is 0 Å². The van der Waals surface area contributed by atoms with Gasteiger partial charge in [-0.25, -0.2) is 17.7 Å². The number of ether oxygens (including phenoxy) is 2. The number of β-amino-alcohol motifs (C(OH)–C–C–N with tert-alkyl or cyclic N) is 1. The van der Waals surface area contributed by atoms with Gasteiger partial charge in [0.1, 0.15) is 10.6 Å². The Morgan fingerprint density at radius 3 is 2.46 bits per heavy atom. The minimum absolute atomic E-state index is 0.0340. The van der Waals surface area contributed by atoms with Crippen LogP contribution in [0.3, 0.4) is 0 Å². The van der Waals surface area contributed by atoms with Crippen molar-refractivity contribution >= 4 is 39.1 Å². The Kier molecular flexibility index (Phi) is 7.45. The second-order valence-electron chi connectivity index (χ2n) is 9.97. The van der Waals surface area contributed by atoms with Gasteiger partial charge in [-0.05, 0) is 36.8 Å². The van der Waals surface area contributed by atoms with Gasteiger partial charge in [0.15, 0.2) is 5.54 Å². The van der Waals surface area contributed by atoms with E-state index in [0.717, 1.165) is 10.5 Å². The van der Waals surface area contributed by atoms with Gasteiger partial charge in [0.05, 0.1) is 38.2 Å². The molecule has 1 aromatic heterocycles. The summed E-state index contributed by atoms with van der Waals surface area (Å²) >= 11 is 6.48. The summed E-state index contributed by atoms with van der Waals surface area (Å²) in [4.78, 5) is 35.2. The Morgan fingerprint density at radius 2 is 1.83 bits per heavy atom. The zero-order chi connectivity index (χ0) is 29.7. The first-order chi connectivity index (χ1) is 19.5. The molecule has 0 radical (unpaired) electrons. The summed E-state index contributed by atoms with van der Waals surface area (Å²) in [7, 11) is 1.46. The topological polar surface area (TPSA) is 130 Å². The molecule has 3 aromatic rings. The number of carbonyl (C=O) groups is 2. The van der Waals surface area contributed by atoms with Gasteiger partial charge < -0.3 is 19.5 Å². The summed E-state index contributed by atoms with van der Waals surface area (Å²) in [6.07, 6.45) is 0.173. The lowest BCUT2D eigenvalue weighted by molar-refractivity contribution is -0.138. The Hall–Kier alpha value is -3.71.